The Kier molecular flexibility index (Phi) is 5.38. The maximum atomic E-state index is 12.9. The number of carbonyl (C=O) groups is 1. The molecule has 1 aromatic carbocycles. The number of nitrogens with zero attached hydrogens (tertiary/aromatic N) is 1. The fourth-order valence-corrected chi connectivity index (χ4v) is 6.46. The molecule has 2 aliphatic carbocycles. The monoisotopic (exact) mass is 419 g/mol. The van der Waals surface area contributed by atoms with Gasteiger partial charge in [0.2, 0.25) is 0 Å². The molecule has 0 unspecified atom stereocenters. The first-order valence-corrected chi connectivity index (χ1v) is 12.0. The highest BCUT2D eigenvalue weighted by molar-refractivity contribution is 7.15. The van der Waals surface area contributed by atoms with E-state index in [0.717, 1.165) is 31.4 Å². The smallest absolute Gasteiger partial charge is 0.319 e. The molecule has 0 saturated heterocycles. The van der Waals surface area contributed by atoms with Gasteiger partial charge in [0, 0.05) is 28.5 Å². The van der Waals surface area contributed by atoms with E-state index in [1.807, 2.05) is 17.4 Å². The first-order valence-electron chi connectivity index (χ1n) is 11.2. The van der Waals surface area contributed by atoms with Gasteiger partial charge in [0.15, 0.2) is 0 Å². The first-order chi connectivity index (χ1) is 14.7. The highest BCUT2D eigenvalue weighted by atomic mass is 32.1. The topological polar surface area (TPSA) is 46.1 Å². The number of anilines is 1. The number of thiophene rings is 1. The second-order valence-electron chi connectivity index (χ2n) is 8.49. The van der Waals surface area contributed by atoms with Gasteiger partial charge in [0.25, 0.3) is 0 Å². The molecule has 4 nitrogen and oxygen atoms in total. The van der Waals surface area contributed by atoms with E-state index in [1.165, 1.54) is 57.8 Å². The number of rotatable bonds is 4. The summed E-state index contributed by atoms with van der Waals surface area (Å²) in [6, 6.07) is 10.3. The van der Waals surface area contributed by atoms with Gasteiger partial charge in [-0.1, -0.05) is 12.1 Å². The Morgan fingerprint density at radius 3 is 2.53 bits per heavy atom. The molecule has 0 saturated carbocycles. The number of hydrogen-bond acceptors (Lipinski definition) is 2. The van der Waals surface area contributed by atoms with Crippen LogP contribution in [0.5, 0.6) is 0 Å². The second-order valence-corrected chi connectivity index (χ2v) is 9.57. The number of carbonyl (C=O) groups excluding carboxylic acids is 1. The van der Waals surface area contributed by atoms with Crippen molar-refractivity contribution in [2.45, 2.75) is 64.3 Å². The molecule has 156 valence electrons. The van der Waals surface area contributed by atoms with E-state index in [9.17, 15) is 4.79 Å². The summed E-state index contributed by atoms with van der Waals surface area (Å²) < 4.78 is 2.20. The van der Waals surface area contributed by atoms with Gasteiger partial charge in [-0.3, -0.25) is 0 Å². The fourth-order valence-electron chi connectivity index (χ4n) is 5.01. The van der Waals surface area contributed by atoms with Crippen molar-refractivity contribution in [3.8, 4) is 5.00 Å². The molecule has 0 aliphatic heterocycles. The lowest BCUT2D eigenvalue weighted by Crippen LogP contribution is -2.32. The molecular formula is C25H29N3OS. The molecule has 30 heavy (non-hydrogen) atoms. The molecule has 2 N–H and O–H groups in total. The Balaban J connectivity index is 1.39. The molecule has 2 heterocycles. The average Bonchev–Trinajstić information content (AvgIpc) is 3.41. The van der Waals surface area contributed by atoms with Crippen LogP contribution in [-0.2, 0) is 25.7 Å². The summed E-state index contributed by atoms with van der Waals surface area (Å²) in [5.41, 5.74) is 6.41. The van der Waals surface area contributed by atoms with Crippen molar-refractivity contribution in [1.82, 2.24) is 9.88 Å². The lowest BCUT2D eigenvalue weighted by molar-refractivity contribution is 0.249. The minimum absolute atomic E-state index is 0.0416. The largest absolute Gasteiger partial charge is 0.331 e. The number of aromatic nitrogens is 1. The van der Waals surface area contributed by atoms with Crippen molar-refractivity contribution < 1.29 is 4.79 Å². The average molecular weight is 420 g/mol. The summed E-state index contributed by atoms with van der Waals surface area (Å²) in [7, 11) is 0. The molecule has 0 fully saturated rings. The SMILES string of the molecule is C[C@@H](NC(=O)Nc1cccc2c1CCCC2)c1c(-n2cccc2)sc2c1CCCC2. The third-order valence-electron chi connectivity index (χ3n) is 6.46. The summed E-state index contributed by atoms with van der Waals surface area (Å²) in [6.07, 6.45) is 13.6. The molecule has 2 aliphatic rings. The summed E-state index contributed by atoms with van der Waals surface area (Å²) >= 11 is 1.89. The van der Waals surface area contributed by atoms with Crippen LogP contribution in [0.3, 0.4) is 0 Å². The van der Waals surface area contributed by atoms with Crippen molar-refractivity contribution in [2.24, 2.45) is 0 Å². The van der Waals surface area contributed by atoms with Crippen LogP contribution in [0.25, 0.3) is 5.00 Å². The Morgan fingerprint density at radius 1 is 0.967 bits per heavy atom. The molecule has 2 amide bonds. The normalized spacial score (nSPS) is 16.4. The molecule has 3 aromatic rings. The van der Waals surface area contributed by atoms with E-state index in [4.69, 9.17) is 0 Å². The van der Waals surface area contributed by atoms with E-state index in [2.05, 4.69) is 58.8 Å². The van der Waals surface area contributed by atoms with E-state index in [1.54, 1.807) is 0 Å². The predicted octanol–water partition coefficient (Wildman–Crippen LogP) is 6.18. The van der Waals surface area contributed by atoms with Crippen LogP contribution in [0.15, 0.2) is 42.7 Å². The Hall–Kier alpha value is -2.53. The van der Waals surface area contributed by atoms with Crippen LogP contribution in [0, 0.1) is 0 Å². The minimum atomic E-state index is -0.115. The number of nitrogens with one attached hydrogen (secondary N) is 2. The van der Waals surface area contributed by atoms with Crippen molar-refractivity contribution in [1.29, 1.82) is 0 Å². The third-order valence-corrected chi connectivity index (χ3v) is 7.78. The van der Waals surface area contributed by atoms with Crippen LogP contribution in [-0.4, -0.2) is 10.6 Å². The maximum absolute atomic E-state index is 12.9. The van der Waals surface area contributed by atoms with Gasteiger partial charge in [-0.05, 0) is 93.2 Å². The van der Waals surface area contributed by atoms with Crippen LogP contribution in [0.2, 0.25) is 0 Å². The summed E-state index contributed by atoms with van der Waals surface area (Å²) in [6.45, 7) is 2.12. The van der Waals surface area contributed by atoms with Gasteiger partial charge in [-0.15, -0.1) is 11.3 Å². The van der Waals surface area contributed by atoms with Gasteiger partial charge in [-0.25, -0.2) is 4.79 Å². The predicted molar refractivity (Wildman–Crippen MR) is 124 cm³/mol. The van der Waals surface area contributed by atoms with Crippen LogP contribution < -0.4 is 10.6 Å². The van der Waals surface area contributed by atoms with Crippen molar-refractivity contribution in [2.75, 3.05) is 5.32 Å². The van der Waals surface area contributed by atoms with E-state index < -0.39 is 0 Å². The van der Waals surface area contributed by atoms with Gasteiger partial charge < -0.3 is 15.2 Å². The molecular weight excluding hydrogens is 390 g/mol. The minimum Gasteiger partial charge on any atom is -0.331 e. The number of hydrogen-bond donors (Lipinski definition) is 2. The molecule has 1 atom stereocenters. The first kappa shape index (κ1) is 19.4. The number of urea groups is 1. The zero-order valence-corrected chi connectivity index (χ0v) is 18.4. The summed E-state index contributed by atoms with van der Waals surface area (Å²) in [4.78, 5) is 14.4. The number of benzene rings is 1. The molecule has 0 bridgehead atoms. The lowest BCUT2D eigenvalue weighted by Gasteiger charge is -2.22. The highest BCUT2D eigenvalue weighted by Crippen LogP contribution is 2.40. The Morgan fingerprint density at radius 2 is 1.70 bits per heavy atom. The molecule has 5 rings (SSSR count). The summed E-state index contributed by atoms with van der Waals surface area (Å²) in [5.74, 6) is 0. The number of aryl methyl sites for hydroxylation is 2. The summed E-state index contributed by atoms with van der Waals surface area (Å²) in [5, 5.41) is 7.62. The number of fused-ring (bicyclic) bond motifs is 2. The van der Waals surface area contributed by atoms with Gasteiger partial charge in [0.05, 0.1) is 6.04 Å². The quantitative estimate of drug-likeness (QED) is 0.521. The van der Waals surface area contributed by atoms with Crippen LogP contribution in [0.1, 0.15) is 65.8 Å². The second kappa shape index (κ2) is 8.31. The zero-order chi connectivity index (χ0) is 20.5. The Bertz CT molecular complexity index is 1050. The molecule has 5 heteroatoms. The Labute approximate surface area is 182 Å². The maximum Gasteiger partial charge on any atom is 0.319 e. The van der Waals surface area contributed by atoms with Crippen molar-refractivity contribution in [3.05, 3.63) is 69.9 Å². The van der Waals surface area contributed by atoms with Gasteiger partial charge >= 0.3 is 6.03 Å². The van der Waals surface area contributed by atoms with Crippen LogP contribution in [0.4, 0.5) is 10.5 Å². The lowest BCUT2D eigenvalue weighted by atomic mass is 9.90. The van der Waals surface area contributed by atoms with Crippen LogP contribution >= 0.6 is 11.3 Å². The van der Waals surface area contributed by atoms with Crippen molar-refractivity contribution >= 4 is 23.1 Å². The van der Waals surface area contributed by atoms with Gasteiger partial charge in [0.1, 0.15) is 5.00 Å². The fraction of sp³-hybridized carbons (Fsp3) is 0.400. The molecule has 0 radical (unpaired) electrons. The van der Waals surface area contributed by atoms with E-state index >= 15 is 0 Å². The zero-order valence-electron chi connectivity index (χ0n) is 17.5. The standard InChI is InChI=1S/C25H29N3OS/c1-17(26-25(29)27-21-13-8-10-18-9-2-3-11-19(18)21)23-20-12-4-5-14-22(20)30-24(23)28-15-6-7-16-28/h6-8,10,13,15-17H,2-5,9,11-12,14H2,1H3,(H2,26,27,29)/t17-/m1/s1. The van der Waals surface area contributed by atoms with E-state index in [0.29, 0.717) is 0 Å². The molecule has 2 aromatic heterocycles. The van der Waals surface area contributed by atoms with Gasteiger partial charge in [-0.2, -0.15) is 0 Å². The molecule has 0 spiro atoms. The number of amides is 2. The van der Waals surface area contributed by atoms with Crippen molar-refractivity contribution in [3.63, 3.8) is 0 Å². The van der Waals surface area contributed by atoms with E-state index in [-0.39, 0.29) is 12.1 Å². The highest BCUT2D eigenvalue weighted by Gasteiger charge is 2.26. The third kappa shape index (κ3) is 3.67.